The first-order chi connectivity index (χ1) is 12.4. The van der Waals surface area contributed by atoms with Gasteiger partial charge in [-0.05, 0) is 5.56 Å². The number of benzene rings is 1. The number of aliphatic hydroxyl groups excluding tert-OH is 4. The molecule has 2 aliphatic rings. The summed E-state index contributed by atoms with van der Waals surface area (Å²) in [6.07, 6.45) is -7.20. The SMILES string of the molecule is N[C@H]1C(=O)N([C@@H]2O[C@H](CO)[C@@H](O)[C@H](O)[C@H]2O)C(=S)S[C@H]1c1ccccc1. The standard InChI is InChI=1S/C16H20N2O6S2/c17-9-13(7-4-2-1-3-5-7)26-16(25)18(14(9)23)15-12(22)11(21)10(20)8(6-19)24-15/h1-5,8-13,15,19-22H,6,17H2/t8-,9-,10-,11+,12-,13+,15-/m1/s1. The quantitative estimate of drug-likeness (QED) is 0.393. The smallest absolute Gasteiger partial charge is 0.248 e. The Hall–Kier alpha value is -1.11. The van der Waals surface area contributed by atoms with Crippen LogP contribution < -0.4 is 5.73 Å². The second kappa shape index (κ2) is 7.87. The van der Waals surface area contributed by atoms with Gasteiger partial charge in [0.05, 0.1) is 11.9 Å². The lowest BCUT2D eigenvalue weighted by atomic mass is 9.97. The lowest BCUT2D eigenvalue weighted by Gasteiger charge is -2.47. The van der Waals surface area contributed by atoms with Crippen LogP contribution in [0.1, 0.15) is 10.8 Å². The van der Waals surface area contributed by atoms with Gasteiger partial charge in [-0.1, -0.05) is 54.3 Å². The van der Waals surface area contributed by atoms with Crippen LogP contribution in [0.2, 0.25) is 0 Å². The van der Waals surface area contributed by atoms with E-state index in [1.165, 1.54) is 11.8 Å². The van der Waals surface area contributed by atoms with Crippen LogP contribution in [-0.2, 0) is 9.53 Å². The molecule has 0 bridgehead atoms. The van der Waals surface area contributed by atoms with Crippen molar-refractivity contribution < 1.29 is 30.0 Å². The average Bonchev–Trinajstić information content (AvgIpc) is 2.65. The third-order valence-corrected chi connectivity index (χ3v) is 6.23. The van der Waals surface area contributed by atoms with Gasteiger partial charge >= 0.3 is 0 Å². The summed E-state index contributed by atoms with van der Waals surface area (Å²) in [5.74, 6) is -0.563. The van der Waals surface area contributed by atoms with Crippen LogP contribution in [0.4, 0.5) is 0 Å². The van der Waals surface area contributed by atoms with Crippen molar-refractivity contribution in [2.24, 2.45) is 5.73 Å². The lowest BCUT2D eigenvalue weighted by molar-refractivity contribution is -0.253. The largest absolute Gasteiger partial charge is 0.394 e. The van der Waals surface area contributed by atoms with E-state index >= 15 is 0 Å². The van der Waals surface area contributed by atoms with Crippen molar-refractivity contribution in [1.82, 2.24) is 4.90 Å². The van der Waals surface area contributed by atoms with Crippen molar-refractivity contribution in [2.45, 2.75) is 41.9 Å². The molecule has 0 radical (unpaired) electrons. The van der Waals surface area contributed by atoms with Crippen LogP contribution in [0.25, 0.3) is 0 Å². The summed E-state index contributed by atoms with van der Waals surface area (Å²) in [6.45, 7) is -0.595. The second-order valence-corrected chi connectivity index (χ2v) is 7.94. The first-order valence-corrected chi connectivity index (χ1v) is 9.30. The summed E-state index contributed by atoms with van der Waals surface area (Å²) in [7, 11) is 0. The Morgan fingerprint density at radius 1 is 1.15 bits per heavy atom. The Balaban J connectivity index is 1.85. The molecule has 2 fully saturated rings. The number of carbonyl (C=O) groups is 1. The minimum absolute atomic E-state index is 0.134. The fourth-order valence-corrected chi connectivity index (χ4v) is 4.65. The molecular weight excluding hydrogens is 380 g/mol. The second-order valence-electron chi connectivity index (χ2n) is 6.17. The van der Waals surface area contributed by atoms with E-state index in [-0.39, 0.29) is 4.32 Å². The zero-order chi connectivity index (χ0) is 19.0. The fourth-order valence-electron chi connectivity index (χ4n) is 3.06. The number of hydrogen-bond donors (Lipinski definition) is 5. The van der Waals surface area contributed by atoms with Crippen molar-refractivity contribution in [2.75, 3.05) is 6.61 Å². The number of thiocarbonyl (C=S) groups is 1. The molecule has 8 nitrogen and oxygen atoms in total. The van der Waals surface area contributed by atoms with Crippen molar-refractivity contribution in [3.05, 3.63) is 35.9 Å². The van der Waals surface area contributed by atoms with Gasteiger partial charge in [-0.15, -0.1) is 0 Å². The first kappa shape index (κ1) is 19.6. The Morgan fingerprint density at radius 2 is 1.81 bits per heavy atom. The molecule has 0 unspecified atom stereocenters. The molecule has 0 aromatic heterocycles. The highest BCUT2D eigenvalue weighted by Crippen LogP contribution is 2.40. The maximum absolute atomic E-state index is 12.8. The monoisotopic (exact) mass is 400 g/mol. The van der Waals surface area contributed by atoms with Crippen molar-refractivity contribution in [1.29, 1.82) is 0 Å². The van der Waals surface area contributed by atoms with E-state index in [9.17, 15) is 25.2 Å². The predicted octanol–water partition coefficient (Wildman–Crippen LogP) is -1.28. The highest BCUT2D eigenvalue weighted by molar-refractivity contribution is 8.23. The van der Waals surface area contributed by atoms with Crippen LogP contribution >= 0.6 is 24.0 Å². The molecule has 0 aliphatic carbocycles. The molecule has 1 aromatic carbocycles. The molecule has 2 heterocycles. The molecule has 26 heavy (non-hydrogen) atoms. The van der Waals surface area contributed by atoms with Gasteiger partial charge in [0, 0.05) is 0 Å². The zero-order valence-corrected chi connectivity index (χ0v) is 15.2. The molecule has 0 spiro atoms. The minimum atomic E-state index is -1.60. The molecule has 142 valence electrons. The number of nitrogens with zero attached hydrogens (tertiary/aromatic N) is 1. The molecule has 6 N–H and O–H groups in total. The third kappa shape index (κ3) is 3.39. The molecule has 0 saturated carbocycles. The van der Waals surface area contributed by atoms with E-state index in [4.69, 9.17) is 22.7 Å². The Morgan fingerprint density at radius 3 is 2.42 bits per heavy atom. The van der Waals surface area contributed by atoms with E-state index in [0.29, 0.717) is 0 Å². The van der Waals surface area contributed by atoms with Gasteiger partial charge in [0.15, 0.2) is 6.23 Å². The minimum Gasteiger partial charge on any atom is -0.394 e. The van der Waals surface area contributed by atoms with Crippen LogP contribution in [0.5, 0.6) is 0 Å². The van der Waals surface area contributed by atoms with E-state index in [0.717, 1.165) is 10.5 Å². The number of amides is 1. The summed E-state index contributed by atoms with van der Waals surface area (Å²) in [5.41, 5.74) is 6.96. The summed E-state index contributed by atoms with van der Waals surface area (Å²) < 4.78 is 5.57. The molecule has 2 aliphatic heterocycles. The van der Waals surface area contributed by atoms with Gasteiger partial charge in [0.1, 0.15) is 34.8 Å². The van der Waals surface area contributed by atoms with Gasteiger partial charge < -0.3 is 30.9 Å². The Labute approximate surface area is 159 Å². The molecule has 10 heteroatoms. The van der Waals surface area contributed by atoms with Crippen LogP contribution in [0.15, 0.2) is 30.3 Å². The zero-order valence-electron chi connectivity index (χ0n) is 13.6. The summed E-state index contributed by atoms with van der Waals surface area (Å²) >= 11 is 6.51. The number of thioether (sulfide) groups is 1. The molecule has 1 amide bonds. The lowest BCUT2D eigenvalue weighted by Crippen LogP contribution is -2.67. The van der Waals surface area contributed by atoms with Crippen LogP contribution in [-0.4, -0.2) is 78.8 Å². The first-order valence-electron chi connectivity index (χ1n) is 8.01. The number of nitrogens with two attached hydrogens (primary N) is 1. The average molecular weight is 400 g/mol. The number of aliphatic hydroxyl groups is 4. The molecule has 7 atom stereocenters. The summed E-state index contributed by atoms with van der Waals surface area (Å²) in [6, 6.07) is 8.26. The molecule has 3 rings (SSSR count). The molecule has 1 aromatic rings. The number of rotatable bonds is 3. The highest BCUT2D eigenvalue weighted by atomic mass is 32.2. The Bertz CT molecular complexity index is 676. The van der Waals surface area contributed by atoms with Crippen LogP contribution in [0, 0.1) is 0 Å². The topological polar surface area (TPSA) is 136 Å². The number of carbonyl (C=O) groups excluding carboxylic acids is 1. The van der Waals surface area contributed by atoms with E-state index < -0.39 is 54.4 Å². The van der Waals surface area contributed by atoms with Gasteiger partial charge in [0.2, 0.25) is 5.91 Å². The number of hydrogen-bond acceptors (Lipinski definition) is 9. The predicted molar refractivity (Wildman–Crippen MR) is 98.0 cm³/mol. The van der Waals surface area contributed by atoms with Crippen molar-refractivity contribution >= 4 is 34.2 Å². The van der Waals surface area contributed by atoms with E-state index in [1.807, 2.05) is 30.3 Å². The maximum Gasteiger partial charge on any atom is 0.248 e. The van der Waals surface area contributed by atoms with E-state index in [1.54, 1.807) is 0 Å². The Kier molecular flexibility index (Phi) is 5.94. The van der Waals surface area contributed by atoms with Crippen molar-refractivity contribution in [3.63, 3.8) is 0 Å². The van der Waals surface area contributed by atoms with E-state index in [2.05, 4.69) is 0 Å². The van der Waals surface area contributed by atoms with Crippen molar-refractivity contribution in [3.8, 4) is 0 Å². The normalized spacial score (nSPS) is 38.5. The van der Waals surface area contributed by atoms with Gasteiger partial charge in [-0.25, -0.2) is 0 Å². The third-order valence-electron chi connectivity index (χ3n) is 4.52. The number of ether oxygens (including phenoxy) is 1. The van der Waals surface area contributed by atoms with Gasteiger partial charge in [0.25, 0.3) is 0 Å². The summed E-state index contributed by atoms with van der Waals surface area (Å²) in [5, 5.41) is 39.0. The maximum atomic E-state index is 12.8. The van der Waals surface area contributed by atoms with Crippen LogP contribution in [0.3, 0.4) is 0 Å². The highest BCUT2D eigenvalue weighted by Gasteiger charge is 2.51. The van der Waals surface area contributed by atoms with Gasteiger partial charge in [-0.2, -0.15) is 0 Å². The molecular formula is C16H20N2O6S2. The molecule has 2 saturated heterocycles. The summed E-state index contributed by atoms with van der Waals surface area (Å²) in [4.78, 5) is 13.9. The van der Waals surface area contributed by atoms with Gasteiger partial charge in [-0.3, -0.25) is 9.69 Å². The fraction of sp³-hybridized carbons (Fsp3) is 0.500.